The third kappa shape index (κ3) is 2.80. The predicted molar refractivity (Wildman–Crippen MR) is 82.2 cm³/mol. The van der Waals surface area contributed by atoms with E-state index < -0.39 is 0 Å². The molecule has 2 N–H and O–H groups in total. The zero-order valence-electron chi connectivity index (χ0n) is 12.0. The molecule has 3 rings (SSSR count). The maximum Gasteiger partial charge on any atom is 0.121 e. The van der Waals surface area contributed by atoms with Crippen LogP contribution in [0.2, 0.25) is 5.02 Å². The Morgan fingerprint density at radius 1 is 1.30 bits per heavy atom. The highest BCUT2D eigenvalue weighted by atomic mass is 35.5. The Hall–Kier alpha value is -0.770. The lowest BCUT2D eigenvalue weighted by atomic mass is 9.82. The summed E-state index contributed by atoms with van der Waals surface area (Å²) in [6.45, 7) is 0.652. The summed E-state index contributed by atoms with van der Waals surface area (Å²) < 4.78 is 0. The highest BCUT2D eigenvalue weighted by molar-refractivity contribution is 6.31. The smallest absolute Gasteiger partial charge is 0.121 e. The fourth-order valence-electron chi connectivity index (χ4n) is 3.75. The molecule has 0 aliphatic carbocycles. The standard InChI is InChI=1S/C16H23ClN2O/c1-19-12-4-2-5-13(19)9-11(8-12)18-10-14-15(17)6-3-7-16(14)20/h3,6-7,11-13,18,20H,2,4-5,8-10H2,1H3. The van der Waals surface area contributed by atoms with Crippen molar-refractivity contribution in [1.29, 1.82) is 0 Å². The summed E-state index contributed by atoms with van der Waals surface area (Å²) in [5.41, 5.74) is 0.818. The van der Waals surface area contributed by atoms with Crippen LogP contribution in [0.1, 0.15) is 37.7 Å². The van der Waals surface area contributed by atoms with Crippen molar-refractivity contribution in [2.75, 3.05) is 7.05 Å². The van der Waals surface area contributed by atoms with Gasteiger partial charge in [0.1, 0.15) is 5.75 Å². The van der Waals surface area contributed by atoms with Crippen molar-refractivity contribution >= 4 is 11.6 Å². The number of fused-ring (bicyclic) bond motifs is 2. The molecule has 2 bridgehead atoms. The molecule has 0 amide bonds. The van der Waals surface area contributed by atoms with E-state index in [1.165, 1.54) is 32.1 Å². The van der Waals surface area contributed by atoms with Gasteiger partial charge >= 0.3 is 0 Å². The molecule has 2 fully saturated rings. The summed E-state index contributed by atoms with van der Waals surface area (Å²) >= 11 is 6.16. The van der Waals surface area contributed by atoms with Gasteiger partial charge in [-0.05, 0) is 44.9 Å². The number of benzene rings is 1. The normalized spacial score (nSPS) is 30.4. The van der Waals surface area contributed by atoms with E-state index in [1.54, 1.807) is 12.1 Å². The Kier molecular flexibility index (Phi) is 4.20. The molecule has 2 unspecified atom stereocenters. The van der Waals surface area contributed by atoms with E-state index in [2.05, 4.69) is 17.3 Å². The molecule has 1 aromatic carbocycles. The maximum atomic E-state index is 9.89. The first kappa shape index (κ1) is 14.2. The van der Waals surface area contributed by atoms with Crippen LogP contribution < -0.4 is 5.32 Å². The molecule has 2 aliphatic rings. The average Bonchev–Trinajstić information content (AvgIpc) is 2.39. The van der Waals surface area contributed by atoms with E-state index in [-0.39, 0.29) is 5.75 Å². The fourth-order valence-corrected chi connectivity index (χ4v) is 3.99. The Morgan fingerprint density at radius 2 is 2.00 bits per heavy atom. The van der Waals surface area contributed by atoms with Gasteiger partial charge in [0.2, 0.25) is 0 Å². The molecule has 3 nitrogen and oxygen atoms in total. The topological polar surface area (TPSA) is 35.5 Å². The van der Waals surface area contributed by atoms with Crippen LogP contribution in [0, 0.1) is 0 Å². The molecule has 2 atom stereocenters. The summed E-state index contributed by atoms with van der Waals surface area (Å²) in [5.74, 6) is 0.290. The van der Waals surface area contributed by atoms with Gasteiger partial charge in [-0.1, -0.05) is 24.1 Å². The maximum absolute atomic E-state index is 9.89. The molecule has 4 heteroatoms. The average molecular weight is 295 g/mol. The minimum absolute atomic E-state index is 0.290. The number of rotatable bonds is 3. The van der Waals surface area contributed by atoms with Crippen LogP contribution in [0.5, 0.6) is 5.75 Å². The lowest BCUT2D eigenvalue weighted by Crippen LogP contribution is -2.54. The van der Waals surface area contributed by atoms with Gasteiger partial charge in [0.25, 0.3) is 0 Å². The molecule has 0 radical (unpaired) electrons. The van der Waals surface area contributed by atoms with E-state index in [1.807, 2.05) is 6.07 Å². The van der Waals surface area contributed by atoms with E-state index in [9.17, 15) is 5.11 Å². The van der Waals surface area contributed by atoms with Crippen molar-refractivity contribution in [3.8, 4) is 5.75 Å². The zero-order chi connectivity index (χ0) is 14.1. The monoisotopic (exact) mass is 294 g/mol. The third-order valence-electron chi connectivity index (χ3n) is 5.00. The van der Waals surface area contributed by atoms with E-state index in [0.717, 1.165) is 17.6 Å². The van der Waals surface area contributed by atoms with Gasteiger partial charge in [-0.3, -0.25) is 0 Å². The first-order valence-electron chi connectivity index (χ1n) is 7.57. The van der Waals surface area contributed by atoms with Crippen LogP contribution in [0.4, 0.5) is 0 Å². The lowest BCUT2D eigenvalue weighted by molar-refractivity contribution is 0.0482. The van der Waals surface area contributed by atoms with Crippen LogP contribution in [0.15, 0.2) is 18.2 Å². The van der Waals surface area contributed by atoms with Crippen LogP contribution in [-0.4, -0.2) is 35.2 Å². The number of nitrogens with zero attached hydrogens (tertiary/aromatic N) is 1. The third-order valence-corrected chi connectivity index (χ3v) is 5.36. The Bertz CT molecular complexity index is 445. The van der Waals surface area contributed by atoms with Gasteiger partial charge in [-0.15, -0.1) is 0 Å². The quantitative estimate of drug-likeness (QED) is 0.899. The summed E-state index contributed by atoms with van der Waals surface area (Å²) in [5, 5.41) is 14.1. The van der Waals surface area contributed by atoms with Gasteiger partial charge in [0, 0.05) is 35.3 Å². The first-order valence-corrected chi connectivity index (χ1v) is 7.94. The van der Waals surface area contributed by atoms with Crippen molar-refractivity contribution < 1.29 is 5.11 Å². The number of nitrogens with one attached hydrogen (secondary N) is 1. The number of piperidine rings is 2. The largest absolute Gasteiger partial charge is 0.508 e. The number of aromatic hydroxyl groups is 1. The van der Waals surface area contributed by atoms with Crippen LogP contribution >= 0.6 is 11.6 Å². The first-order chi connectivity index (χ1) is 9.65. The van der Waals surface area contributed by atoms with E-state index in [0.29, 0.717) is 17.6 Å². The van der Waals surface area contributed by atoms with Gasteiger partial charge in [-0.2, -0.15) is 0 Å². The molecule has 2 aliphatic heterocycles. The molecule has 1 aromatic rings. The van der Waals surface area contributed by atoms with Crippen molar-refractivity contribution in [2.45, 2.75) is 56.8 Å². The van der Waals surface area contributed by atoms with Gasteiger partial charge in [0.15, 0.2) is 0 Å². The Morgan fingerprint density at radius 3 is 2.65 bits per heavy atom. The van der Waals surface area contributed by atoms with E-state index in [4.69, 9.17) is 11.6 Å². The Balaban J connectivity index is 1.62. The van der Waals surface area contributed by atoms with Crippen molar-refractivity contribution in [1.82, 2.24) is 10.2 Å². The Labute approximate surface area is 125 Å². The summed E-state index contributed by atoms with van der Waals surface area (Å²) in [6, 6.07) is 7.30. The number of hydrogen-bond acceptors (Lipinski definition) is 3. The molecule has 0 saturated carbocycles. The van der Waals surface area contributed by atoms with Crippen molar-refractivity contribution in [2.24, 2.45) is 0 Å². The van der Waals surface area contributed by atoms with Crippen LogP contribution in [0.3, 0.4) is 0 Å². The molecular formula is C16H23ClN2O. The van der Waals surface area contributed by atoms with Crippen LogP contribution in [-0.2, 0) is 6.54 Å². The molecule has 20 heavy (non-hydrogen) atoms. The molecule has 0 spiro atoms. The lowest BCUT2D eigenvalue weighted by Gasteiger charge is -2.47. The number of hydrogen-bond donors (Lipinski definition) is 2. The predicted octanol–water partition coefficient (Wildman–Crippen LogP) is 3.15. The second-order valence-corrected chi connectivity index (χ2v) is 6.60. The second kappa shape index (κ2) is 5.92. The minimum atomic E-state index is 0.290. The van der Waals surface area contributed by atoms with Crippen molar-refractivity contribution in [3.05, 3.63) is 28.8 Å². The SMILES string of the molecule is CN1C2CCCC1CC(NCc1c(O)cccc1Cl)C2. The molecular weight excluding hydrogens is 272 g/mol. The highest BCUT2D eigenvalue weighted by Gasteiger charge is 2.35. The molecule has 2 saturated heterocycles. The summed E-state index contributed by atoms with van der Waals surface area (Å²) in [4.78, 5) is 2.56. The second-order valence-electron chi connectivity index (χ2n) is 6.19. The van der Waals surface area contributed by atoms with Gasteiger partial charge < -0.3 is 15.3 Å². The summed E-state index contributed by atoms with van der Waals surface area (Å²) in [6.07, 6.45) is 6.43. The van der Waals surface area contributed by atoms with Crippen molar-refractivity contribution in [3.63, 3.8) is 0 Å². The van der Waals surface area contributed by atoms with E-state index >= 15 is 0 Å². The number of halogens is 1. The van der Waals surface area contributed by atoms with Gasteiger partial charge in [-0.25, -0.2) is 0 Å². The number of phenolic OH excluding ortho intramolecular Hbond substituents is 1. The highest BCUT2D eigenvalue weighted by Crippen LogP contribution is 2.33. The molecule has 110 valence electrons. The zero-order valence-corrected chi connectivity index (χ0v) is 12.7. The molecule has 0 aromatic heterocycles. The minimum Gasteiger partial charge on any atom is -0.508 e. The number of phenols is 1. The van der Waals surface area contributed by atoms with Crippen LogP contribution in [0.25, 0.3) is 0 Å². The fraction of sp³-hybridized carbons (Fsp3) is 0.625. The summed E-state index contributed by atoms with van der Waals surface area (Å²) in [7, 11) is 2.27. The van der Waals surface area contributed by atoms with Gasteiger partial charge in [0.05, 0.1) is 0 Å². The molecule has 2 heterocycles.